The molecule has 3 nitrogen and oxygen atoms in total. The molecule has 15 heavy (non-hydrogen) atoms. The van der Waals surface area contributed by atoms with Crippen LogP contribution >= 0.6 is 0 Å². The zero-order chi connectivity index (χ0) is 11.4. The first-order valence-electron chi connectivity index (χ1n) is 5.15. The third-order valence-corrected chi connectivity index (χ3v) is 2.16. The maximum absolute atomic E-state index is 11.6. The first-order chi connectivity index (χ1) is 7.00. The second-order valence-corrected chi connectivity index (χ2v) is 4.20. The Morgan fingerprint density at radius 3 is 2.33 bits per heavy atom. The zero-order valence-electron chi connectivity index (χ0n) is 9.53. The first-order valence-corrected chi connectivity index (χ1v) is 5.15. The molecule has 3 heteroatoms. The molecular formula is C12H18N2O. The van der Waals surface area contributed by atoms with Crippen molar-refractivity contribution < 1.29 is 4.79 Å². The Kier molecular flexibility index (Phi) is 3.86. The second kappa shape index (κ2) is 4.94. The van der Waals surface area contributed by atoms with Crippen LogP contribution in [0.4, 0.5) is 5.69 Å². The zero-order valence-corrected chi connectivity index (χ0v) is 9.53. The monoisotopic (exact) mass is 206 g/mol. The molecule has 82 valence electrons. The van der Waals surface area contributed by atoms with Gasteiger partial charge in [0.1, 0.15) is 0 Å². The predicted octanol–water partition coefficient (Wildman–Crippen LogP) is 2.25. The second-order valence-electron chi connectivity index (χ2n) is 4.20. The average molecular weight is 206 g/mol. The van der Waals surface area contributed by atoms with E-state index in [9.17, 15) is 4.79 Å². The van der Waals surface area contributed by atoms with Crippen molar-refractivity contribution in [3.8, 4) is 0 Å². The maximum atomic E-state index is 11.6. The van der Waals surface area contributed by atoms with Crippen molar-refractivity contribution in [1.82, 2.24) is 0 Å². The number of hydrogen-bond donors (Lipinski definition) is 1. The van der Waals surface area contributed by atoms with Crippen molar-refractivity contribution in [3.63, 3.8) is 0 Å². The van der Waals surface area contributed by atoms with Gasteiger partial charge in [0.15, 0.2) is 0 Å². The summed E-state index contributed by atoms with van der Waals surface area (Å²) in [7, 11) is 0. The number of carbonyl (C=O) groups excluding carboxylic acids is 1. The average Bonchev–Trinajstić information content (AvgIpc) is 2.17. The molecule has 0 radical (unpaired) electrons. The fraction of sp³-hybridized carbons (Fsp3) is 0.417. The lowest BCUT2D eigenvalue weighted by Gasteiger charge is -2.17. The van der Waals surface area contributed by atoms with E-state index in [1.807, 2.05) is 45.0 Å². The highest BCUT2D eigenvalue weighted by Crippen LogP contribution is 2.14. The smallest absolute Gasteiger partial charge is 0.241 e. The first kappa shape index (κ1) is 11.7. The van der Waals surface area contributed by atoms with Crippen molar-refractivity contribution in [3.05, 3.63) is 29.8 Å². The minimum absolute atomic E-state index is 0.0474. The number of amides is 1. The Balaban J connectivity index is 2.71. The van der Waals surface area contributed by atoms with Gasteiger partial charge in [-0.1, -0.05) is 31.5 Å². The van der Waals surface area contributed by atoms with Crippen LogP contribution in [0.25, 0.3) is 0 Å². The summed E-state index contributed by atoms with van der Waals surface area (Å²) in [4.78, 5) is 11.6. The number of hydrazine groups is 1. The van der Waals surface area contributed by atoms with E-state index in [0.29, 0.717) is 12.3 Å². The number of nitrogens with zero attached hydrogens (tertiary/aromatic N) is 1. The third-order valence-electron chi connectivity index (χ3n) is 2.16. The van der Waals surface area contributed by atoms with Crippen LogP contribution in [0.15, 0.2) is 24.3 Å². The van der Waals surface area contributed by atoms with Crippen LogP contribution in [0.5, 0.6) is 0 Å². The molecule has 0 saturated carbocycles. The lowest BCUT2D eigenvalue weighted by Crippen LogP contribution is -2.38. The van der Waals surface area contributed by atoms with Crippen molar-refractivity contribution in [2.75, 3.05) is 5.01 Å². The van der Waals surface area contributed by atoms with Crippen LogP contribution in [-0.2, 0) is 4.79 Å². The van der Waals surface area contributed by atoms with E-state index in [0.717, 1.165) is 11.3 Å². The number of nitrogens with two attached hydrogens (primary N) is 1. The molecule has 0 spiro atoms. The standard InChI is InChI=1S/C12H18N2O/c1-9(2)8-12(15)14(13)11-6-4-10(3)5-7-11/h4-7,9H,8,13H2,1-3H3. The van der Waals surface area contributed by atoms with Gasteiger partial charge in [-0.15, -0.1) is 0 Å². The number of benzene rings is 1. The van der Waals surface area contributed by atoms with Gasteiger partial charge in [0.25, 0.3) is 0 Å². The molecule has 2 N–H and O–H groups in total. The van der Waals surface area contributed by atoms with Crippen LogP contribution in [-0.4, -0.2) is 5.91 Å². The van der Waals surface area contributed by atoms with E-state index in [1.54, 1.807) is 0 Å². The molecule has 0 unspecified atom stereocenters. The summed E-state index contributed by atoms with van der Waals surface area (Å²) in [5.41, 5.74) is 1.90. The molecule has 0 atom stereocenters. The molecular weight excluding hydrogens is 188 g/mol. The summed E-state index contributed by atoms with van der Waals surface area (Å²) >= 11 is 0. The van der Waals surface area contributed by atoms with Gasteiger partial charge in [-0.25, -0.2) is 10.9 Å². The summed E-state index contributed by atoms with van der Waals surface area (Å²) < 4.78 is 0. The van der Waals surface area contributed by atoms with Crippen LogP contribution < -0.4 is 10.9 Å². The quantitative estimate of drug-likeness (QED) is 0.468. The molecule has 1 aromatic carbocycles. The number of hydrogen-bond acceptors (Lipinski definition) is 2. The van der Waals surface area contributed by atoms with Gasteiger partial charge < -0.3 is 0 Å². The summed E-state index contributed by atoms with van der Waals surface area (Å²) in [5, 5.41) is 1.22. The fourth-order valence-electron chi connectivity index (χ4n) is 1.30. The normalized spacial score (nSPS) is 10.5. The summed E-state index contributed by atoms with van der Waals surface area (Å²) in [6, 6.07) is 7.59. The minimum Gasteiger partial charge on any atom is -0.273 e. The van der Waals surface area contributed by atoms with Crippen molar-refractivity contribution >= 4 is 11.6 Å². The molecule has 0 aromatic heterocycles. The highest BCUT2D eigenvalue weighted by molar-refractivity contribution is 5.92. The number of carbonyl (C=O) groups is 1. The highest BCUT2D eigenvalue weighted by atomic mass is 16.2. The number of aryl methyl sites for hydroxylation is 1. The molecule has 0 fully saturated rings. The van der Waals surface area contributed by atoms with E-state index >= 15 is 0 Å². The van der Waals surface area contributed by atoms with Gasteiger partial charge in [-0.3, -0.25) is 4.79 Å². The van der Waals surface area contributed by atoms with Crippen LogP contribution in [0.3, 0.4) is 0 Å². The Morgan fingerprint density at radius 1 is 1.33 bits per heavy atom. The van der Waals surface area contributed by atoms with Crippen molar-refractivity contribution in [2.45, 2.75) is 27.2 Å². The minimum atomic E-state index is -0.0474. The van der Waals surface area contributed by atoms with Gasteiger partial charge >= 0.3 is 0 Å². The van der Waals surface area contributed by atoms with Gasteiger partial charge in [-0.2, -0.15) is 0 Å². The molecule has 1 amide bonds. The summed E-state index contributed by atoms with van der Waals surface area (Å²) in [6.07, 6.45) is 0.477. The summed E-state index contributed by atoms with van der Waals surface area (Å²) in [6.45, 7) is 6.00. The molecule has 0 saturated heterocycles. The van der Waals surface area contributed by atoms with Crippen LogP contribution in [0.2, 0.25) is 0 Å². The summed E-state index contributed by atoms with van der Waals surface area (Å²) in [5.74, 6) is 6.00. The van der Waals surface area contributed by atoms with Crippen LogP contribution in [0, 0.1) is 12.8 Å². The van der Waals surface area contributed by atoms with E-state index < -0.39 is 0 Å². The molecule has 0 bridgehead atoms. The molecule has 0 heterocycles. The SMILES string of the molecule is Cc1ccc(N(N)C(=O)CC(C)C)cc1. The highest BCUT2D eigenvalue weighted by Gasteiger charge is 2.12. The van der Waals surface area contributed by atoms with E-state index in [2.05, 4.69) is 0 Å². The Morgan fingerprint density at radius 2 is 1.87 bits per heavy atom. The molecule has 1 rings (SSSR count). The van der Waals surface area contributed by atoms with E-state index in [1.165, 1.54) is 5.01 Å². The predicted molar refractivity (Wildman–Crippen MR) is 62.3 cm³/mol. The van der Waals surface area contributed by atoms with Gasteiger partial charge in [-0.05, 0) is 25.0 Å². The van der Waals surface area contributed by atoms with Gasteiger partial charge in [0.2, 0.25) is 5.91 Å². The number of rotatable bonds is 3. The Bertz CT molecular complexity index is 330. The van der Waals surface area contributed by atoms with Crippen molar-refractivity contribution in [1.29, 1.82) is 0 Å². The lowest BCUT2D eigenvalue weighted by molar-refractivity contribution is -0.119. The van der Waals surface area contributed by atoms with E-state index in [-0.39, 0.29) is 5.91 Å². The van der Waals surface area contributed by atoms with Crippen molar-refractivity contribution in [2.24, 2.45) is 11.8 Å². The van der Waals surface area contributed by atoms with E-state index in [4.69, 9.17) is 5.84 Å². The lowest BCUT2D eigenvalue weighted by atomic mass is 10.1. The fourth-order valence-corrected chi connectivity index (χ4v) is 1.30. The molecule has 0 aliphatic carbocycles. The van der Waals surface area contributed by atoms with Gasteiger partial charge in [0.05, 0.1) is 5.69 Å². The molecule has 0 aliphatic rings. The molecule has 1 aromatic rings. The maximum Gasteiger partial charge on any atom is 0.241 e. The van der Waals surface area contributed by atoms with Gasteiger partial charge in [0, 0.05) is 6.42 Å². The van der Waals surface area contributed by atoms with Crippen LogP contribution in [0.1, 0.15) is 25.8 Å². The number of anilines is 1. The largest absolute Gasteiger partial charge is 0.273 e. The third kappa shape index (κ3) is 3.36. The Labute approximate surface area is 90.9 Å². The topological polar surface area (TPSA) is 46.3 Å². The molecule has 0 aliphatic heterocycles. The Hall–Kier alpha value is -1.35.